The van der Waals surface area contributed by atoms with Crippen molar-refractivity contribution in [2.45, 2.75) is 44.7 Å². The van der Waals surface area contributed by atoms with Crippen molar-refractivity contribution in [2.24, 2.45) is 0 Å². The van der Waals surface area contributed by atoms with Crippen molar-refractivity contribution in [3.05, 3.63) is 81.8 Å². The molecule has 3 aromatic rings. The van der Waals surface area contributed by atoms with E-state index in [0.717, 1.165) is 9.87 Å². The highest BCUT2D eigenvalue weighted by atomic mass is 35.5. The monoisotopic (exact) mass is 635 g/mol. The average molecular weight is 637 g/mol. The minimum Gasteiger partial charge on any atom is -0.493 e. The summed E-state index contributed by atoms with van der Waals surface area (Å²) in [6, 6.07) is 14.8. The van der Waals surface area contributed by atoms with Crippen molar-refractivity contribution in [3.8, 4) is 11.5 Å². The van der Waals surface area contributed by atoms with Gasteiger partial charge in [0.15, 0.2) is 11.5 Å². The first kappa shape index (κ1) is 33.0. The van der Waals surface area contributed by atoms with Gasteiger partial charge in [0.25, 0.3) is 10.0 Å². The SMILES string of the molecule is CCCNC(=O)[C@@H](C)N(Cc1ccc(Cl)cc1Cl)C(=O)CN(c1ccc(OC)c(OC)c1)S(=O)(=O)c1ccc(C)cc1. The van der Waals surface area contributed by atoms with Crippen molar-refractivity contribution < 1.29 is 27.5 Å². The largest absolute Gasteiger partial charge is 0.493 e. The zero-order valence-corrected chi connectivity index (χ0v) is 26.5. The van der Waals surface area contributed by atoms with Crippen molar-refractivity contribution in [3.63, 3.8) is 0 Å². The average Bonchev–Trinajstić information content (AvgIpc) is 2.97. The quantitative estimate of drug-likeness (QED) is 0.267. The molecule has 0 aliphatic heterocycles. The zero-order valence-electron chi connectivity index (χ0n) is 24.2. The summed E-state index contributed by atoms with van der Waals surface area (Å²) in [6.07, 6.45) is 0.706. The second kappa shape index (κ2) is 14.6. The van der Waals surface area contributed by atoms with E-state index >= 15 is 0 Å². The third-order valence-electron chi connectivity index (χ3n) is 6.62. The summed E-state index contributed by atoms with van der Waals surface area (Å²) in [4.78, 5) is 28.4. The lowest BCUT2D eigenvalue weighted by molar-refractivity contribution is -0.139. The number of methoxy groups -OCH3 is 2. The Hall–Kier alpha value is -3.47. The molecule has 1 atom stereocenters. The molecule has 0 aromatic heterocycles. The van der Waals surface area contributed by atoms with Gasteiger partial charge < -0.3 is 19.7 Å². The zero-order chi connectivity index (χ0) is 31.0. The Kier molecular flexibility index (Phi) is 11.5. The van der Waals surface area contributed by atoms with Crippen LogP contribution < -0.4 is 19.1 Å². The lowest BCUT2D eigenvalue weighted by Crippen LogP contribution is -2.51. The molecule has 2 amide bonds. The van der Waals surface area contributed by atoms with Crippen LogP contribution in [-0.2, 0) is 26.2 Å². The Morgan fingerprint density at radius 3 is 2.21 bits per heavy atom. The highest BCUT2D eigenvalue weighted by Gasteiger charge is 2.33. The van der Waals surface area contributed by atoms with E-state index in [1.807, 2.05) is 13.8 Å². The molecule has 0 heterocycles. The molecular formula is C30H35Cl2N3O6S. The van der Waals surface area contributed by atoms with Gasteiger partial charge in [-0.05, 0) is 62.2 Å². The summed E-state index contributed by atoms with van der Waals surface area (Å²) < 4.78 is 39.8. The Balaban J connectivity index is 2.10. The van der Waals surface area contributed by atoms with Gasteiger partial charge in [0, 0.05) is 29.2 Å². The molecule has 0 aliphatic rings. The second-order valence-corrected chi connectivity index (χ2v) is 12.3. The molecule has 3 aromatic carbocycles. The number of amides is 2. The molecule has 0 aliphatic carbocycles. The summed E-state index contributed by atoms with van der Waals surface area (Å²) in [5, 5.41) is 3.53. The number of carbonyl (C=O) groups excluding carboxylic acids is 2. The molecule has 0 saturated carbocycles. The van der Waals surface area contributed by atoms with Gasteiger partial charge in [-0.3, -0.25) is 13.9 Å². The van der Waals surface area contributed by atoms with Crippen LogP contribution in [0.2, 0.25) is 10.0 Å². The van der Waals surface area contributed by atoms with Crippen LogP contribution in [0.1, 0.15) is 31.4 Å². The van der Waals surface area contributed by atoms with Crippen LogP contribution in [0, 0.1) is 6.92 Å². The minimum absolute atomic E-state index is 0.00304. The van der Waals surface area contributed by atoms with Crippen LogP contribution in [0.25, 0.3) is 0 Å². The van der Waals surface area contributed by atoms with Crippen LogP contribution in [0.15, 0.2) is 65.6 Å². The van der Waals surface area contributed by atoms with E-state index < -0.39 is 28.5 Å². The normalized spacial score (nSPS) is 11.9. The first-order chi connectivity index (χ1) is 19.9. The summed E-state index contributed by atoms with van der Waals surface area (Å²) in [5.41, 5.74) is 1.60. The third kappa shape index (κ3) is 7.87. The smallest absolute Gasteiger partial charge is 0.264 e. The number of sulfonamides is 1. The molecule has 0 radical (unpaired) electrons. The molecule has 0 bridgehead atoms. The fourth-order valence-electron chi connectivity index (χ4n) is 4.16. The van der Waals surface area contributed by atoms with Gasteiger partial charge >= 0.3 is 0 Å². The fraction of sp³-hybridized carbons (Fsp3) is 0.333. The van der Waals surface area contributed by atoms with E-state index in [-0.39, 0.29) is 28.8 Å². The Labute approximate surface area is 257 Å². The minimum atomic E-state index is -4.25. The van der Waals surface area contributed by atoms with Crippen LogP contribution in [0.5, 0.6) is 11.5 Å². The third-order valence-corrected chi connectivity index (χ3v) is 8.99. The van der Waals surface area contributed by atoms with Crippen LogP contribution >= 0.6 is 23.2 Å². The van der Waals surface area contributed by atoms with E-state index in [4.69, 9.17) is 32.7 Å². The predicted octanol–water partition coefficient (Wildman–Crippen LogP) is 5.46. The summed E-state index contributed by atoms with van der Waals surface area (Å²) in [6.45, 7) is 5.10. The lowest BCUT2D eigenvalue weighted by Gasteiger charge is -2.32. The van der Waals surface area contributed by atoms with Crippen molar-refractivity contribution in [1.29, 1.82) is 0 Å². The maximum Gasteiger partial charge on any atom is 0.264 e. The molecule has 0 spiro atoms. The summed E-state index contributed by atoms with van der Waals surface area (Å²) >= 11 is 12.5. The molecule has 0 fully saturated rings. The number of rotatable bonds is 13. The van der Waals surface area contributed by atoms with Gasteiger partial charge in [0.1, 0.15) is 12.6 Å². The fourth-order valence-corrected chi connectivity index (χ4v) is 6.03. The van der Waals surface area contributed by atoms with E-state index in [2.05, 4.69) is 5.32 Å². The molecule has 0 unspecified atom stereocenters. The predicted molar refractivity (Wildman–Crippen MR) is 165 cm³/mol. The highest BCUT2D eigenvalue weighted by Crippen LogP contribution is 2.34. The second-order valence-electron chi connectivity index (χ2n) is 9.59. The van der Waals surface area contributed by atoms with Crippen LogP contribution in [0.3, 0.4) is 0 Å². The summed E-state index contributed by atoms with van der Waals surface area (Å²) in [7, 11) is -1.35. The van der Waals surface area contributed by atoms with Crippen LogP contribution in [-0.4, -0.2) is 58.5 Å². The molecular weight excluding hydrogens is 601 g/mol. The van der Waals surface area contributed by atoms with Crippen molar-refractivity contribution >= 4 is 50.7 Å². The van der Waals surface area contributed by atoms with Gasteiger partial charge in [0.05, 0.1) is 24.8 Å². The number of aryl methyl sites for hydroxylation is 1. The van der Waals surface area contributed by atoms with Gasteiger partial charge in [-0.1, -0.05) is 53.9 Å². The maximum atomic E-state index is 14.1. The number of halogens is 2. The first-order valence-electron chi connectivity index (χ1n) is 13.3. The summed E-state index contributed by atoms with van der Waals surface area (Å²) in [5.74, 6) is -0.330. The van der Waals surface area contributed by atoms with E-state index in [1.165, 1.54) is 43.4 Å². The number of benzene rings is 3. The number of ether oxygens (including phenoxy) is 2. The van der Waals surface area contributed by atoms with Crippen LogP contribution in [0.4, 0.5) is 5.69 Å². The number of hydrogen-bond donors (Lipinski definition) is 1. The molecule has 0 saturated heterocycles. The maximum absolute atomic E-state index is 14.1. The molecule has 226 valence electrons. The van der Waals surface area contributed by atoms with Crippen molar-refractivity contribution in [1.82, 2.24) is 10.2 Å². The number of nitrogens with zero attached hydrogens (tertiary/aromatic N) is 2. The van der Waals surface area contributed by atoms with Gasteiger partial charge in [-0.25, -0.2) is 8.42 Å². The molecule has 12 heteroatoms. The number of anilines is 1. The highest BCUT2D eigenvalue weighted by molar-refractivity contribution is 7.92. The van der Waals surface area contributed by atoms with E-state index in [0.29, 0.717) is 34.3 Å². The van der Waals surface area contributed by atoms with Crippen molar-refractivity contribution in [2.75, 3.05) is 31.6 Å². The van der Waals surface area contributed by atoms with Gasteiger partial charge in [-0.2, -0.15) is 0 Å². The molecule has 3 rings (SSSR count). The molecule has 9 nitrogen and oxygen atoms in total. The topological polar surface area (TPSA) is 105 Å². The Morgan fingerprint density at radius 2 is 1.62 bits per heavy atom. The number of nitrogens with one attached hydrogen (secondary N) is 1. The van der Waals surface area contributed by atoms with Gasteiger partial charge in [0.2, 0.25) is 11.8 Å². The molecule has 1 N–H and O–H groups in total. The van der Waals surface area contributed by atoms with E-state index in [1.54, 1.807) is 43.3 Å². The lowest BCUT2D eigenvalue weighted by atomic mass is 10.1. The molecule has 42 heavy (non-hydrogen) atoms. The number of hydrogen-bond acceptors (Lipinski definition) is 6. The number of carbonyl (C=O) groups is 2. The van der Waals surface area contributed by atoms with Gasteiger partial charge in [-0.15, -0.1) is 0 Å². The Bertz CT molecular complexity index is 1520. The Morgan fingerprint density at radius 1 is 0.952 bits per heavy atom. The van der Waals surface area contributed by atoms with E-state index in [9.17, 15) is 18.0 Å². The standard InChI is InChI=1S/C30H35Cl2N3O6S/c1-6-15-33-30(37)21(3)34(18-22-9-10-23(31)16-26(22)32)29(36)19-35(24-11-14-27(40-4)28(17-24)41-5)42(38,39)25-12-7-20(2)8-13-25/h7-14,16-17,21H,6,15,18-19H2,1-5H3,(H,33,37)/t21-/m1/s1. The first-order valence-corrected chi connectivity index (χ1v) is 15.4.